The van der Waals surface area contributed by atoms with Crippen molar-refractivity contribution in [2.45, 2.75) is 18.9 Å². The highest BCUT2D eigenvalue weighted by atomic mass is 79.9. The normalized spacial score (nSPS) is 19.1. The third-order valence-corrected chi connectivity index (χ3v) is 3.26. The van der Waals surface area contributed by atoms with Gasteiger partial charge in [0, 0.05) is 16.5 Å². The van der Waals surface area contributed by atoms with E-state index < -0.39 is 0 Å². The maximum Gasteiger partial charge on any atom is 0.124 e. The minimum absolute atomic E-state index is 0.344. The van der Waals surface area contributed by atoms with Crippen LogP contribution in [0.25, 0.3) is 0 Å². The minimum Gasteiger partial charge on any atom is -0.490 e. The fourth-order valence-corrected chi connectivity index (χ4v) is 2.27. The highest BCUT2D eigenvalue weighted by Gasteiger charge is 2.23. The zero-order valence-corrected chi connectivity index (χ0v) is 9.80. The third-order valence-electron chi connectivity index (χ3n) is 2.52. The van der Waals surface area contributed by atoms with Gasteiger partial charge in [-0.05, 0) is 32.1 Å². The van der Waals surface area contributed by atoms with E-state index >= 15 is 0 Å². The van der Waals surface area contributed by atoms with Crippen molar-refractivity contribution in [3.8, 4) is 5.75 Å². The molecule has 2 nitrogen and oxygen atoms in total. The molecule has 76 valence electrons. The predicted molar refractivity (Wildman–Crippen MR) is 60.8 cm³/mol. The van der Waals surface area contributed by atoms with Crippen LogP contribution >= 0.6 is 15.9 Å². The Hall–Kier alpha value is -0.540. The van der Waals surface area contributed by atoms with Gasteiger partial charge in [-0.25, -0.2) is 0 Å². The molecule has 0 bridgehead atoms. The summed E-state index contributed by atoms with van der Waals surface area (Å²) in [6.45, 7) is 1.01. The van der Waals surface area contributed by atoms with E-state index in [-0.39, 0.29) is 0 Å². The Morgan fingerprint density at radius 2 is 2.43 bits per heavy atom. The van der Waals surface area contributed by atoms with Crippen LogP contribution in [0.15, 0.2) is 22.7 Å². The topological polar surface area (TPSA) is 21.3 Å². The standard InChI is InChI=1S/C11H14BrNO/c1-13-6-5-8-7-9-10(12)3-2-4-11(9)14-8/h2-4,8,13H,5-7H2,1H3. The number of halogens is 1. The lowest BCUT2D eigenvalue weighted by Gasteiger charge is -2.09. The highest BCUT2D eigenvalue weighted by molar-refractivity contribution is 9.10. The van der Waals surface area contributed by atoms with E-state index in [4.69, 9.17) is 4.74 Å². The Labute approximate surface area is 92.8 Å². The zero-order chi connectivity index (χ0) is 9.97. The van der Waals surface area contributed by atoms with Crippen molar-refractivity contribution in [3.05, 3.63) is 28.2 Å². The lowest BCUT2D eigenvalue weighted by atomic mass is 10.1. The van der Waals surface area contributed by atoms with E-state index in [1.54, 1.807) is 0 Å². The van der Waals surface area contributed by atoms with Gasteiger partial charge >= 0.3 is 0 Å². The van der Waals surface area contributed by atoms with Crippen LogP contribution in [-0.2, 0) is 6.42 Å². The predicted octanol–water partition coefficient (Wildman–Crippen LogP) is 2.36. The van der Waals surface area contributed by atoms with Crippen LogP contribution in [0.1, 0.15) is 12.0 Å². The Bertz CT molecular complexity index is 327. The van der Waals surface area contributed by atoms with Gasteiger partial charge in [0.1, 0.15) is 11.9 Å². The van der Waals surface area contributed by atoms with E-state index in [9.17, 15) is 0 Å². The monoisotopic (exact) mass is 255 g/mol. The van der Waals surface area contributed by atoms with Crippen LogP contribution in [0.2, 0.25) is 0 Å². The molecule has 0 radical (unpaired) electrons. The molecular formula is C11H14BrNO. The fourth-order valence-electron chi connectivity index (χ4n) is 1.76. The number of benzene rings is 1. The van der Waals surface area contributed by atoms with Crippen molar-refractivity contribution in [1.29, 1.82) is 0 Å². The Morgan fingerprint density at radius 3 is 3.14 bits per heavy atom. The SMILES string of the molecule is CNCCC1Cc2c(Br)cccc2O1. The molecule has 0 saturated heterocycles. The summed E-state index contributed by atoms with van der Waals surface area (Å²) in [6.07, 6.45) is 2.44. The van der Waals surface area contributed by atoms with E-state index in [1.165, 1.54) is 10.0 Å². The molecule has 1 atom stereocenters. The molecule has 14 heavy (non-hydrogen) atoms. The molecule has 1 N–H and O–H groups in total. The second kappa shape index (κ2) is 4.32. The van der Waals surface area contributed by atoms with Gasteiger partial charge in [0.25, 0.3) is 0 Å². The molecule has 0 fully saturated rings. The van der Waals surface area contributed by atoms with Crippen molar-refractivity contribution >= 4 is 15.9 Å². The number of nitrogens with one attached hydrogen (secondary N) is 1. The summed E-state index contributed by atoms with van der Waals surface area (Å²) in [5.41, 5.74) is 1.31. The van der Waals surface area contributed by atoms with E-state index in [0.717, 1.165) is 25.1 Å². The van der Waals surface area contributed by atoms with Crippen molar-refractivity contribution in [3.63, 3.8) is 0 Å². The second-order valence-electron chi connectivity index (χ2n) is 3.55. The number of ether oxygens (including phenoxy) is 1. The van der Waals surface area contributed by atoms with Crippen LogP contribution in [0.5, 0.6) is 5.75 Å². The molecule has 0 saturated carbocycles. The molecular weight excluding hydrogens is 242 g/mol. The smallest absolute Gasteiger partial charge is 0.124 e. The van der Waals surface area contributed by atoms with Crippen LogP contribution in [0.3, 0.4) is 0 Å². The third kappa shape index (κ3) is 1.93. The summed E-state index contributed by atoms with van der Waals surface area (Å²) in [5.74, 6) is 1.04. The fraction of sp³-hybridized carbons (Fsp3) is 0.455. The lowest BCUT2D eigenvalue weighted by Crippen LogP contribution is -2.20. The minimum atomic E-state index is 0.344. The van der Waals surface area contributed by atoms with Gasteiger partial charge in [0.2, 0.25) is 0 Å². The summed E-state index contributed by atoms with van der Waals surface area (Å²) in [4.78, 5) is 0. The number of hydrogen-bond acceptors (Lipinski definition) is 2. The van der Waals surface area contributed by atoms with Gasteiger partial charge in [0.15, 0.2) is 0 Å². The number of hydrogen-bond donors (Lipinski definition) is 1. The van der Waals surface area contributed by atoms with Crippen molar-refractivity contribution in [2.75, 3.05) is 13.6 Å². The first kappa shape index (κ1) is 9.99. The molecule has 1 aromatic carbocycles. The van der Waals surface area contributed by atoms with Crippen LogP contribution < -0.4 is 10.1 Å². The van der Waals surface area contributed by atoms with Gasteiger partial charge in [-0.2, -0.15) is 0 Å². The van der Waals surface area contributed by atoms with Gasteiger partial charge in [0.05, 0.1) is 0 Å². The summed E-state index contributed by atoms with van der Waals surface area (Å²) < 4.78 is 6.99. The van der Waals surface area contributed by atoms with Crippen LogP contribution in [0, 0.1) is 0 Å². The summed E-state index contributed by atoms with van der Waals surface area (Å²) >= 11 is 3.55. The van der Waals surface area contributed by atoms with Crippen molar-refractivity contribution < 1.29 is 4.74 Å². The van der Waals surface area contributed by atoms with Crippen molar-refractivity contribution in [2.24, 2.45) is 0 Å². The maximum absolute atomic E-state index is 5.82. The van der Waals surface area contributed by atoms with E-state index in [1.807, 2.05) is 19.2 Å². The molecule has 1 unspecified atom stereocenters. The Balaban J connectivity index is 2.06. The Morgan fingerprint density at radius 1 is 1.57 bits per heavy atom. The number of fused-ring (bicyclic) bond motifs is 1. The Kier molecular flexibility index (Phi) is 3.08. The summed E-state index contributed by atoms with van der Waals surface area (Å²) in [5, 5.41) is 3.14. The molecule has 0 spiro atoms. The quantitative estimate of drug-likeness (QED) is 0.896. The molecule has 0 amide bonds. The average Bonchev–Trinajstić information content (AvgIpc) is 2.59. The first-order valence-corrected chi connectivity index (χ1v) is 5.69. The molecule has 1 aromatic rings. The van der Waals surface area contributed by atoms with Gasteiger partial charge in [-0.1, -0.05) is 22.0 Å². The lowest BCUT2D eigenvalue weighted by molar-refractivity contribution is 0.221. The molecule has 2 rings (SSSR count). The molecule has 3 heteroatoms. The first-order valence-electron chi connectivity index (χ1n) is 4.90. The molecule has 1 aliphatic heterocycles. The zero-order valence-electron chi connectivity index (χ0n) is 8.22. The molecule has 1 heterocycles. The first-order chi connectivity index (χ1) is 6.81. The highest BCUT2D eigenvalue weighted by Crippen LogP contribution is 2.34. The second-order valence-corrected chi connectivity index (χ2v) is 4.41. The van der Waals surface area contributed by atoms with Crippen molar-refractivity contribution in [1.82, 2.24) is 5.32 Å². The summed E-state index contributed by atoms with van der Waals surface area (Å²) in [6, 6.07) is 6.13. The average molecular weight is 256 g/mol. The maximum atomic E-state index is 5.82. The summed E-state index contributed by atoms with van der Waals surface area (Å²) in [7, 11) is 1.97. The molecule has 0 aliphatic carbocycles. The van der Waals surface area contributed by atoms with Crippen LogP contribution in [-0.4, -0.2) is 19.7 Å². The number of rotatable bonds is 3. The van der Waals surface area contributed by atoms with Crippen LogP contribution in [0.4, 0.5) is 0 Å². The molecule has 0 aromatic heterocycles. The van der Waals surface area contributed by atoms with Gasteiger partial charge in [-0.3, -0.25) is 0 Å². The van der Waals surface area contributed by atoms with E-state index in [0.29, 0.717) is 6.10 Å². The largest absolute Gasteiger partial charge is 0.490 e. The van der Waals surface area contributed by atoms with Gasteiger partial charge in [-0.15, -0.1) is 0 Å². The van der Waals surface area contributed by atoms with E-state index in [2.05, 4.69) is 27.3 Å². The van der Waals surface area contributed by atoms with Gasteiger partial charge < -0.3 is 10.1 Å². The molecule has 1 aliphatic rings.